The Labute approximate surface area is 118 Å². The van der Waals surface area contributed by atoms with Crippen molar-refractivity contribution < 1.29 is 4.39 Å². The third kappa shape index (κ3) is 4.05. The van der Waals surface area contributed by atoms with E-state index in [0.29, 0.717) is 11.6 Å². The van der Waals surface area contributed by atoms with Crippen molar-refractivity contribution in [2.45, 2.75) is 26.4 Å². The first-order chi connectivity index (χ1) is 9.04. The van der Waals surface area contributed by atoms with Crippen molar-refractivity contribution in [3.05, 3.63) is 70.0 Å². The van der Waals surface area contributed by atoms with Gasteiger partial charge in [-0.05, 0) is 43.2 Å². The van der Waals surface area contributed by atoms with Gasteiger partial charge in [0.1, 0.15) is 5.82 Å². The summed E-state index contributed by atoms with van der Waals surface area (Å²) in [5.74, 6) is -0.299. The fraction of sp³-hybridized carbons (Fsp3) is 0.250. The summed E-state index contributed by atoms with van der Waals surface area (Å²) in [5.41, 5.74) is 3.31. The smallest absolute Gasteiger partial charge is 0.125 e. The zero-order valence-electron chi connectivity index (χ0n) is 11.1. The van der Waals surface area contributed by atoms with Crippen LogP contribution in [-0.2, 0) is 6.54 Å². The lowest BCUT2D eigenvalue weighted by Gasteiger charge is -2.15. The first kappa shape index (κ1) is 14.0. The zero-order chi connectivity index (χ0) is 13.8. The highest BCUT2D eigenvalue weighted by atomic mass is 35.5. The third-order valence-corrected chi connectivity index (χ3v) is 3.30. The van der Waals surface area contributed by atoms with E-state index in [1.54, 1.807) is 6.07 Å². The van der Waals surface area contributed by atoms with Crippen LogP contribution >= 0.6 is 11.6 Å². The van der Waals surface area contributed by atoms with Crippen molar-refractivity contribution in [3.8, 4) is 0 Å². The van der Waals surface area contributed by atoms with E-state index in [1.165, 1.54) is 23.3 Å². The lowest BCUT2D eigenvalue weighted by atomic mass is 10.1. The quantitative estimate of drug-likeness (QED) is 0.858. The Hall–Kier alpha value is -1.38. The minimum Gasteiger partial charge on any atom is -0.306 e. The van der Waals surface area contributed by atoms with E-state index in [9.17, 15) is 4.39 Å². The highest BCUT2D eigenvalue weighted by Crippen LogP contribution is 2.17. The van der Waals surface area contributed by atoms with Crippen molar-refractivity contribution in [3.63, 3.8) is 0 Å². The second kappa shape index (κ2) is 6.18. The highest BCUT2D eigenvalue weighted by molar-refractivity contribution is 6.30. The molecule has 0 fully saturated rings. The standard InChI is InChI=1S/C16H17ClFN/c1-11-4-3-5-14(6-11)12(2)19-10-13-7-15(17)9-16(18)8-13/h3-9,12,19H,10H2,1-2H3/t12-/m0/s1. The Morgan fingerprint density at radius 3 is 2.68 bits per heavy atom. The maximum absolute atomic E-state index is 13.2. The number of rotatable bonds is 4. The fourth-order valence-electron chi connectivity index (χ4n) is 2.04. The van der Waals surface area contributed by atoms with Gasteiger partial charge >= 0.3 is 0 Å². The van der Waals surface area contributed by atoms with Crippen LogP contribution in [0, 0.1) is 12.7 Å². The second-order valence-corrected chi connectivity index (χ2v) is 5.23. The summed E-state index contributed by atoms with van der Waals surface area (Å²) in [5, 5.41) is 3.80. The Balaban J connectivity index is 2.02. The van der Waals surface area contributed by atoms with Gasteiger partial charge in [0.25, 0.3) is 0 Å². The SMILES string of the molecule is Cc1cccc([C@H](C)NCc2cc(F)cc(Cl)c2)c1. The van der Waals surface area contributed by atoms with Crippen LogP contribution in [0.4, 0.5) is 4.39 Å². The summed E-state index contributed by atoms with van der Waals surface area (Å²) >= 11 is 5.84. The van der Waals surface area contributed by atoms with Crippen LogP contribution < -0.4 is 5.32 Å². The average Bonchev–Trinajstić information content (AvgIpc) is 2.35. The molecule has 0 aliphatic rings. The van der Waals surface area contributed by atoms with Crippen molar-refractivity contribution in [1.82, 2.24) is 5.32 Å². The average molecular weight is 278 g/mol. The molecule has 0 aliphatic carbocycles. The molecule has 0 spiro atoms. The molecule has 1 nitrogen and oxygen atoms in total. The van der Waals surface area contributed by atoms with E-state index in [4.69, 9.17) is 11.6 Å². The lowest BCUT2D eigenvalue weighted by Crippen LogP contribution is -2.18. The third-order valence-electron chi connectivity index (χ3n) is 3.08. The molecule has 0 amide bonds. The normalized spacial score (nSPS) is 12.4. The molecule has 0 saturated carbocycles. The monoisotopic (exact) mass is 277 g/mol. The number of aryl methyl sites for hydroxylation is 1. The van der Waals surface area contributed by atoms with Crippen molar-refractivity contribution >= 4 is 11.6 Å². The van der Waals surface area contributed by atoms with Crippen molar-refractivity contribution in [2.75, 3.05) is 0 Å². The molecule has 0 radical (unpaired) electrons. The molecule has 2 rings (SSSR count). The number of halogens is 2. The van der Waals surface area contributed by atoms with Crippen molar-refractivity contribution in [2.24, 2.45) is 0 Å². The van der Waals surface area contributed by atoms with Gasteiger partial charge in [0.15, 0.2) is 0 Å². The number of nitrogens with one attached hydrogen (secondary N) is 1. The molecule has 3 heteroatoms. The summed E-state index contributed by atoms with van der Waals surface area (Å²) in [6, 6.07) is 13.2. The van der Waals surface area contributed by atoms with Gasteiger partial charge in [-0.1, -0.05) is 41.4 Å². The molecule has 0 aromatic heterocycles. The minimum absolute atomic E-state index is 0.210. The molecule has 1 N–H and O–H groups in total. The van der Waals surface area contributed by atoms with Gasteiger partial charge in [0.05, 0.1) is 0 Å². The lowest BCUT2D eigenvalue weighted by molar-refractivity contribution is 0.569. The number of benzene rings is 2. The second-order valence-electron chi connectivity index (χ2n) is 4.79. The zero-order valence-corrected chi connectivity index (χ0v) is 11.8. The molecule has 1 atom stereocenters. The summed E-state index contributed by atoms with van der Waals surface area (Å²) < 4.78 is 13.2. The van der Waals surface area contributed by atoms with E-state index >= 15 is 0 Å². The molecule has 0 unspecified atom stereocenters. The van der Waals surface area contributed by atoms with Crippen LogP contribution in [0.15, 0.2) is 42.5 Å². The van der Waals surface area contributed by atoms with E-state index in [2.05, 4.69) is 37.4 Å². The number of hydrogen-bond acceptors (Lipinski definition) is 1. The molecule has 2 aromatic rings. The van der Waals surface area contributed by atoms with Gasteiger partial charge in [0.2, 0.25) is 0 Å². The molecule has 19 heavy (non-hydrogen) atoms. The van der Waals surface area contributed by atoms with Crippen LogP contribution in [0.3, 0.4) is 0 Å². The highest BCUT2D eigenvalue weighted by Gasteiger charge is 2.06. The fourth-order valence-corrected chi connectivity index (χ4v) is 2.29. The van der Waals surface area contributed by atoms with Crippen LogP contribution in [0.2, 0.25) is 5.02 Å². The summed E-state index contributed by atoms with van der Waals surface area (Å²) in [6.45, 7) is 4.75. The van der Waals surface area contributed by atoms with Gasteiger partial charge in [-0.25, -0.2) is 4.39 Å². The molecule has 0 bridgehead atoms. The van der Waals surface area contributed by atoms with E-state index in [0.717, 1.165) is 5.56 Å². The van der Waals surface area contributed by atoms with E-state index in [1.807, 2.05) is 6.07 Å². The van der Waals surface area contributed by atoms with Crippen LogP contribution in [0.25, 0.3) is 0 Å². The van der Waals surface area contributed by atoms with E-state index < -0.39 is 0 Å². The minimum atomic E-state index is -0.299. The summed E-state index contributed by atoms with van der Waals surface area (Å²) in [4.78, 5) is 0. The first-order valence-electron chi connectivity index (χ1n) is 6.29. The van der Waals surface area contributed by atoms with Gasteiger partial charge < -0.3 is 5.32 Å². The molecule has 2 aromatic carbocycles. The molecular weight excluding hydrogens is 261 g/mol. The maximum Gasteiger partial charge on any atom is 0.125 e. The molecule has 0 aliphatic heterocycles. The van der Waals surface area contributed by atoms with Gasteiger partial charge in [-0.2, -0.15) is 0 Å². The predicted molar refractivity (Wildman–Crippen MR) is 77.8 cm³/mol. The summed E-state index contributed by atoms with van der Waals surface area (Å²) in [6.07, 6.45) is 0. The van der Waals surface area contributed by atoms with Crippen molar-refractivity contribution in [1.29, 1.82) is 0 Å². The molecular formula is C16H17ClFN. The molecule has 100 valence electrons. The van der Waals surface area contributed by atoms with Crippen LogP contribution in [-0.4, -0.2) is 0 Å². The topological polar surface area (TPSA) is 12.0 Å². The Kier molecular flexibility index (Phi) is 4.56. The van der Waals surface area contributed by atoms with Gasteiger partial charge in [-0.3, -0.25) is 0 Å². The predicted octanol–water partition coefficient (Wildman–Crippen LogP) is 4.64. The van der Waals surface area contributed by atoms with Crippen LogP contribution in [0.1, 0.15) is 29.7 Å². The largest absolute Gasteiger partial charge is 0.306 e. The summed E-state index contributed by atoms with van der Waals surface area (Å²) in [7, 11) is 0. The van der Waals surface area contributed by atoms with E-state index in [-0.39, 0.29) is 11.9 Å². The number of hydrogen-bond donors (Lipinski definition) is 1. The molecule has 0 saturated heterocycles. The Morgan fingerprint density at radius 2 is 2.00 bits per heavy atom. The Bertz CT molecular complexity index is 548. The van der Waals surface area contributed by atoms with Gasteiger partial charge in [0, 0.05) is 17.6 Å². The van der Waals surface area contributed by atoms with Crippen LogP contribution in [0.5, 0.6) is 0 Å². The Morgan fingerprint density at radius 1 is 1.21 bits per heavy atom. The van der Waals surface area contributed by atoms with Gasteiger partial charge in [-0.15, -0.1) is 0 Å². The maximum atomic E-state index is 13.2. The molecule has 0 heterocycles. The first-order valence-corrected chi connectivity index (χ1v) is 6.67.